The van der Waals surface area contributed by atoms with Crippen molar-refractivity contribution >= 4 is 17.2 Å². The van der Waals surface area contributed by atoms with Crippen LogP contribution >= 0.6 is 11.3 Å². The second kappa shape index (κ2) is 8.58. The zero-order valence-corrected chi connectivity index (χ0v) is 15.2. The minimum absolute atomic E-state index is 0.0801. The van der Waals surface area contributed by atoms with Crippen LogP contribution in [0.5, 0.6) is 5.75 Å². The van der Waals surface area contributed by atoms with Gasteiger partial charge < -0.3 is 10.1 Å². The molecule has 1 heterocycles. The zero-order chi connectivity index (χ0) is 18.4. The van der Waals surface area contributed by atoms with E-state index in [-0.39, 0.29) is 18.1 Å². The highest BCUT2D eigenvalue weighted by Crippen LogP contribution is 2.24. The molecular weight excluding hydrogens is 351 g/mol. The first-order chi connectivity index (χ1) is 12.6. The summed E-state index contributed by atoms with van der Waals surface area (Å²) in [6.45, 7) is 0.523. The Hall–Kier alpha value is -2.73. The first-order valence-corrected chi connectivity index (χ1v) is 9.12. The molecule has 0 spiro atoms. The molecule has 0 saturated heterocycles. The number of nitrogens with zero attached hydrogens (tertiary/aromatic N) is 1. The number of halogens is 1. The van der Waals surface area contributed by atoms with Crippen molar-refractivity contribution in [1.82, 2.24) is 10.3 Å². The lowest BCUT2D eigenvalue weighted by molar-refractivity contribution is -0.120. The van der Waals surface area contributed by atoms with Gasteiger partial charge in [0.25, 0.3) is 0 Å². The summed E-state index contributed by atoms with van der Waals surface area (Å²) in [7, 11) is 1.64. The van der Waals surface area contributed by atoms with E-state index >= 15 is 0 Å². The molecule has 4 nitrogen and oxygen atoms in total. The Morgan fingerprint density at radius 2 is 1.88 bits per heavy atom. The van der Waals surface area contributed by atoms with Crippen LogP contribution in [0, 0.1) is 5.82 Å². The molecular formula is C20H19FN2O2S. The Morgan fingerprint density at radius 1 is 1.15 bits per heavy atom. The van der Waals surface area contributed by atoms with Gasteiger partial charge in [-0.25, -0.2) is 9.37 Å². The van der Waals surface area contributed by atoms with E-state index in [1.165, 1.54) is 12.1 Å². The van der Waals surface area contributed by atoms with E-state index in [1.807, 2.05) is 29.6 Å². The van der Waals surface area contributed by atoms with Crippen molar-refractivity contribution in [2.24, 2.45) is 0 Å². The molecule has 3 rings (SSSR count). The molecule has 0 fully saturated rings. The Kier molecular flexibility index (Phi) is 5.96. The number of methoxy groups -OCH3 is 1. The molecule has 0 saturated carbocycles. The van der Waals surface area contributed by atoms with Crippen LogP contribution in [0.4, 0.5) is 4.39 Å². The third-order valence-corrected chi connectivity index (χ3v) is 4.79. The maximum Gasteiger partial charge on any atom is 0.224 e. The van der Waals surface area contributed by atoms with Crippen LogP contribution in [0.15, 0.2) is 53.9 Å². The molecule has 1 N–H and O–H groups in total. The first-order valence-electron chi connectivity index (χ1n) is 8.24. The van der Waals surface area contributed by atoms with Crippen LogP contribution in [-0.2, 0) is 17.6 Å². The second-order valence-electron chi connectivity index (χ2n) is 5.76. The standard InChI is InChI=1S/C20H19FN2O2S/c1-25-17-8-4-15(5-9-17)18-13-26-20(23-18)10-11-22-19(24)12-14-2-6-16(21)7-3-14/h2-9,13H,10-12H2,1H3,(H,22,24). The van der Waals surface area contributed by atoms with Crippen molar-refractivity contribution in [1.29, 1.82) is 0 Å². The molecule has 0 aliphatic carbocycles. The summed E-state index contributed by atoms with van der Waals surface area (Å²) in [6.07, 6.45) is 0.922. The summed E-state index contributed by atoms with van der Waals surface area (Å²) in [5.41, 5.74) is 2.75. The number of amides is 1. The van der Waals surface area contributed by atoms with Crippen LogP contribution in [0.25, 0.3) is 11.3 Å². The number of aromatic nitrogens is 1. The van der Waals surface area contributed by atoms with Crippen LogP contribution in [0.1, 0.15) is 10.6 Å². The van der Waals surface area contributed by atoms with Crippen LogP contribution in [0.3, 0.4) is 0 Å². The largest absolute Gasteiger partial charge is 0.497 e. The third-order valence-electron chi connectivity index (χ3n) is 3.88. The van der Waals surface area contributed by atoms with E-state index < -0.39 is 0 Å². The van der Waals surface area contributed by atoms with E-state index in [0.717, 1.165) is 27.6 Å². The highest BCUT2D eigenvalue weighted by Gasteiger charge is 2.07. The van der Waals surface area contributed by atoms with Crippen LogP contribution in [-0.4, -0.2) is 24.5 Å². The maximum absolute atomic E-state index is 12.9. The van der Waals surface area contributed by atoms with Crippen molar-refractivity contribution in [3.05, 3.63) is 70.3 Å². The van der Waals surface area contributed by atoms with Crippen LogP contribution < -0.4 is 10.1 Å². The molecule has 0 unspecified atom stereocenters. The maximum atomic E-state index is 12.9. The van der Waals surface area contributed by atoms with Crippen molar-refractivity contribution < 1.29 is 13.9 Å². The van der Waals surface area contributed by atoms with E-state index in [2.05, 4.69) is 10.3 Å². The highest BCUT2D eigenvalue weighted by molar-refractivity contribution is 7.09. The van der Waals surface area contributed by atoms with E-state index in [9.17, 15) is 9.18 Å². The summed E-state index contributed by atoms with van der Waals surface area (Å²) < 4.78 is 18.0. The van der Waals surface area contributed by atoms with Crippen molar-refractivity contribution in [3.63, 3.8) is 0 Å². The van der Waals surface area contributed by atoms with Crippen molar-refractivity contribution in [2.75, 3.05) is 13.7 Å². The fourth-order valence-electron chi connectivity index (χ4n) is 2.48. The normalized spacial score (nSPS) is 10.5. The summed E-state index contributed by atoms with van der Waals surface area (Å²) >= 11 is 1.58. The number of carbonyl (C=O) groups excluding carboxylic acids is 1. The van der Waals surface area contributed by atoms with Gasteiger partial charge in [-0.1, -0.05) is 12.1 Å². The lowest BCUT2D eigenvalue weighted by Gasteiger charge is -2.04. The van der Waals surface area contributed by atoms with Gasteiger partial charge in [0, 0.05) is 23.9 Å². The topological polar surface area (TPSA) is 51.2 Å². The lowest BCUT2D eigenvalue weighted by atomic mass is 10.1. The summed E-state index contributed by atoms with van der Waals surface area (Å²) in [5.74, 6) is 0.433. The average molecular weight is 370 g/mol. The van der Waals surface area contributed by atoms with Gasteiger partial charge in [0.15, 0.2) is 0 Å². The van der Waals surface area contributed by atoms with E-state index in [1.54, 1.807) is 30.6 Å². The van der Waals surface area contributed by atoms with Crippen molar-refractivity contribution in [3.8, 4) is 17.0 Å². The molecule has 1 amide bonds. The molecule has 0 radical (unpaired) electrons. The van der Waals surface area contributed by atoms with Gasteiger partial charge in [-0.05, 0) is 42.0 Å². The van der Waals surface area contributed by atoms with E-state index in [0.29, 0.717) is 13.0 Å². The Balaban J connectivity index is 1.48. The Bertz CT molecular complexity index is 860. The number of hydrogen-bond donors (Lipinski definition) is 1. The minimum Gasteiger partial charge on any atom is -0.497 e. The third kappa shape index (κ3) is 4.89. The average Bonchev–Trinajstić information content (AvgIpc) is 3.12. The lowest BCUT2D eigenvalue weighted by Crippen LogP contribution is -2.27. The van der Waals surface area contributed by atoms with Gasteiger partial charge in [0.05, 0.1) is 24.2 Å². The molecule has 3 aromatic rings. The predicted molar refractivity (Wildman–Crippen MR) is 101 cm³/mol. The monoisotopic (exact) mass is 370 g/mol. The summed E-state index contributed by atoms with van der Waals surface area (Å²) in [6, 6.07) is 13.7. The fourth-order valence-corrected chi connectivity index (χ4v) is 3.29. The molecule has 0 aliphatic rings. The van der Waals surface area contributed by atoms with Gasteiger partial charge in [0.1, 0.15) is 11.6 Å². The summed E-state index contributed by atoms with van der Waals surface area (Å²) in [4.78, 5) is 16.6. The molecule has 0 bridgehead atoms. The number of carbonyl (C=O) groups is 1. The number of nitrogens with one attached hydrogen (secondary N) is 1. The van der Waals surface area contributed by atoms with E-state index in [4.69, 9.17) is 4.74 Å². The SMILES string of the molecule is COc1ccc(-c2csc(CCNC(=O)Cc3ccc(F)cc3)n2)cc1. The Labute approximate surface area is 155 Å². The number of thiazole rings is 1. The van der Waals surface area contributed by atoms with Crippen molar-refractivity contribution in [2.45, 2.75) is 12.8 Å². The van der Waals surface area contributed by atoms with Gasteiger partial charge in [-0.15, -0.1) is 11.3 Å². The van der Waals surface area contributed by atoms with Crippen LogP contribution in [0.2, 0.25) is 0 Å². The Morgan fingerprint density at radius 3 is 2.58 bits per heavy atom. The molecule has 2 aromatic carbocycles. The number of rotatable bonds is 7. The molecule has 0 atom stereocenters. The molecule has 26 heavy (non-hydrogen) atoms. The molecule has 0 aliphatic heterocycles. The number of benzene rings is 2. The summed E-state index contributed by atoms with van der Waals surface area (Å²) in [5, 5.41) is 5.86. The molecule has 134 valence electrons. The second-order valence-corrected chi connectivity index (χ2v) is 6.70. The first kappa shape index (κ1) is 18.1. The highest BCUT2D eigenvalue weighted by atomic mass is 32.1. The smallest absolute Gasteiger partial charge is 0.224 e. The predicted octanol–water partition coefficient (Wildman–Crippen LogP) is 3.86. The van der Waals surface area contributed by atoms with Gasteiger partial charge in [-0.3, -0.25) is 4.79 Å². The minimum atomic E-state index is -0.300. The quantitative estimate of drug-likeness (QED) is 0.687. The van der Waals surface area contributed by atoms with Gasteiger partial charge >= 0.3 is 0 Å². The van der Waals surface area contributed by atoms with Gasteiger partial charge in [0.2, 0.25) is 5.91 Å². The van der Waals surface area contributed by atoms with Gasteiger partial charge in [-0.2, -0.15) is 0 Å². The number of hydrogen-bond acceptors (Lipinski definition) is 4. The number of ether oxygens (including phenoxy) is 1. The zero-order valence-electron chi connectivity index (χ0n) is 14.4. The molecule has 6 heteroatoms. The fraction of sp³-hybridized carbons (Fsp3) is 0.200. The molecule has 1 aromatic heterocycles.